The van der Waals surface area contributed by atoms with Gasteiger partial charge in [0.2, 0.25) is 0 Å². The van der Waals surface area contributed by atoms with Crippen molar-refractivity contribution in [3.63, 3.8) is 0 Å². The van der Waals surface area contributed by atoms with Crippen LogP contribution in [-0.2, 0) is 24.2 Å². The van der Waals surface area contributed by atoms with Crippen LogP contribution in [0.25, 0.3) is 11.5 Å². The molecule has 11 nitrogen and oxygen atoms in total. The van der Waals surface area contributed by atoms with Gasteiger partial charge in [0.1, 0.15) is 35.4 Å². The molecule has 218 valence electrons. The summed E-state index contributed by atoms with van der Waals surface area (Å²) in [6.07, 6.45) is 0.870. The van der Waals surface area contributed by atoms with Gasteiger partial charge < -0.3 is 19.1 Å². The maximum atomic E-state index is 13.8. The van der Waals surface area contributed by atoms with Crippen LogP contribution in [0.1, 0.15) is 74.5 Å². The molecule has 3 aromatic heterocycles. The van der Waals surface area contributed by atoms with Crippen molar-refractivity contribution in [3.8, 4) is 11.5 Å². The van der Waals surface area contributed by atoms with Crippen molar-refractivity contribution in [3.05, 3.63) is 46.9 Å². The molecule has 0 saturated carbocycles. The number of aromatic nitrogens is 5. The summed E-state index contributed by atoms with van der Waals surface area (Å²) in [6, 6.07) is 6.99. The summed E-state index contributed by atoms with van der Waals surface area (Å²) in [4.78, 5) is 41.3. The van der Waals surface area contributed by atoms with E-state index in [9.17, 15) is 14.0 Å². The number of pyridine rings is 2. The van der Waals surface area contributed by atoms with Crippen molar-refractivity contribution in [1.29, 1.82) is 0 Å². The van der Waals surface area contributed by atoms with Gasteiger partial charge in [-0.05, 0) is 59.2 Å². The SMILES string of the molecule is CC(C)N(C)c1cc2c(c(CN(C)C(=O)OC(C)(C)C)n1)CN(c1cccc(-c3nnc4n3[C@@H](CF)CC4)n1)C2=O. The molecule has 0 radical (unpaired) electrons. The molecule has 2 aliphatic heterocycles. The third-order valence-corrected chi connectivity index (χ3v) is 7.47. The molecule has 5 rings (SSSR count). The van der Waals surface area contributed by atoms with E-state index < -0.39 is 18.4 Å². The summed E-state index contributed by atoms with van der Waals surface area (Å²) in [5, 5.41) is 8.52. The molecule has 1 atom stereocenters. The van der Waals surface area contributed by atoms with E-state index in [0.29, 0.717) is 47.3 Å². The third kappa shape index (κ3) is 5.47. The summed E-state index contributed by atoms with van der Waals surface area (Å²) >= 11 is 0. The van der Waals surface area contributed by atoms with Gasteiger partial charge in [0, 0.05) is 32.1 Å². The minimum atomic E-state index is -0.640. The van der Waals surface area contributed by atoms with Crippen LogP contribution in [0.15, 0.2) is 24.3 Å². The van der Waals surface area contributed by atoms with Crippen molar-refractivity contribution < 1.29 is 18.7 Å². The Morgan fingerprint density at radius 2 is 1.95 bits per heavy atom. The van der Waals surface area contributed by atoms with Gasteiger partial charge in [0.15, 0.2) is 5.82 Å². The molecule has 0 fully saturated rings. The summed E-state index contributed by atoms with van der Waals surface area (Å²) in [7, 11) is 3.58. The van der Waals surface area contributed by atoms with Gasteiger partial charge in [0.25, 0.3) is 5.91 Å². The minimum absolute atomic E-state index is 0.140. The molecule has 3 aromatic rings. The van der Waals surface area contributed by atoms with Crippen LogP contribution in [0.3, 0.4) is 0 Å². The molecule has 5 heterocycles. The standard InChI is InChI=1S/C29H37FN8O3/c1-17(2)36(7)25-13-19-20(22(32-25)16-35(6)28(40)41-29(3,4)5)15-37(27(19)39)23-10-8-9-21(31-23)26-34-33-24-12-11-18(14-30)38(24)26/h8-10,13,17-18H,11-12,14-16H2,1-7H3/t18-/m1/s1. The summed E-state index contributed by atoms with van der Waals surface area (Å²) in [5.41, 5.74) is 1.75. The van der Waals surface area contributed by atoms with Gasteiger partial charge >= 0.3 is 6.09 Å². The highest BCUT2D eigenvalue weighted by Gasteiger charge is 2.35. The largest absolute Gasteiger partial charge is 0.444 e. The Hall–Kier alpha value is -4.09. The van der Waals surface area contributed by atoms with Gasteiger partial charge in [-0.2, -0.15) is 0 Å². The van der Waals surface area contributed by atoms with E-state index in [1.807, 2.05) is 57.2 Å². The summed E-state index contributed by atoms with van der Waals surface area (Å²) in [5.74, 6) is 2.11. The van der Waals surface area contributed by atoms with Gasteiger partial charge in [-0.25, -0.2) is 19.2 Å². The molecule has 0 aromatic carbocycles. The molecule has 0 saturated heterocycles. The second-order valence-corrected chi connectivity index (χ2v) is 11.9. The first kappa shape index (κ1) is 28.4. The zero-order chi connectivity index (χ0) is 29.6. The van der Waals surface area contributed by atoms with E-state index in [1.54, 1.807) is 30.1 Å². The van der Waals surface area contributed by atoms with Crippen molar-refractivity contribution in [2.24, 2.45) is 0 Å². The molecule has 41 heavy (non-hydrogen) atoms. The van der Waals surface area contributed by atoms with E-state index in [4.69, 9.17) is 14.7 Å². The summed E-state index contributed by atoms with van der Waals surface area (Å²) in [6.45, 7) is 9.44. The Kier molecular flexibility index (Phi) is 7.43. The first-order chi connectivity index (χ1) is 19.4. The average Bonchev–Trinajstić information content (AvgIpc) is 3.61. The van der Waals surface area contributed by atoms with Crippen LogP contribution in [-0.4, -0.2) is 74.0 Å². The maximum absolute atomic E-state index is 13.8. The zero-order valence-corrected chi connectivity index (χ0v) is 24.7. The fourth-order valence-corrected chi connectivity index (χ4v) is 5.06. The van der Waals surface area contributed by atoms with E-state index in [1.165, 1.54) is 4.90 Å². The molecule has 0 spiro atoms. The maximum Gasteiger partial charge on any atom is 0.410 e. The van der Waals surface area contributed by atoms with E-state index in [-0.39, 0.29) is 31.1 Å². The number of fused-ring (bicyclic) bond motifs is 2. The number of alkyl halides is 1. The third-order valence-electron chi connectivity index (χ3n) is 7.47. The number of aryl methyl sites for hydroxylation is 1. The van der Waals surface area contributed by atoms with E-state index in [2.05, 4.69) is 10.2 Å². The Bertz CT molecular complexity index is 1480. The van der Waals surface area contributed by atoms with Crippen LogP contribution in [0, 0.1) is 0 Å². The predicted molar refractivity (Wildman–Crippen MR) is 153 cm³/mol. The lowest BCUT2D eigenvalue weighted by molar-refractivity contribution is 0.0282. The van der Waals surface area contributed by atoms with Gasteiger partial charge in [-0.1, -0.05) is 6.07 Å². The number of carbonyl (C=O) groups is 2. The lowest BCUT2D eigenvalue weighted by Crippen LogP contribution is -2.34. The van der Waals surface area contributed by atoms with E-state index in [0.717, 1.165) is 11.4 Å². The first-order valence-corrected chi connectivity index (χ1v) is 13.9. The number of anilines is 2. The molecular weight excluding hydrogens is 527 g/mol. The normalized spacial score (nSPS) is 16.3. The van der Waals surface area contributed by atoms with Crippen LogP contribution in [0.5, 0.6) is 0 Å². The van der Waals surface area contributed by atoms with Crippen LogP contribution in [0.4, 0.5) is 20.8 Å². The number of halogens is 1. The van der Waals surface area contributed by atoms with Crippen LogP contribution in [0.2, 0.25) is 0 Å². The molecule has 0 bridgehead atoms. The molecule has 0 aliphatic carbocycles. The Labute approximate surface area is 239 Å². The molecule has 0 unspecified atom stereocenters. The van der Waals surface area contributed by atoms with Gasteiger partial charge in [-0.3, -0.25) is 9.69 Å². The predicted octanol–water partition coefficient (Wildman–Crippen LogP) is 4.56. The monoisotopic (exact) mass is 564 g/mol. The lowest BCUT2D eigenvalue weighted by atomic mass is 10.1. The van der Waals surface area contributed by atoms with Crippen LogP contribution < -0.4 is 9.80 Å². The zero-order valence-electron chi connectivity index (χ0n) is 24.7. The van der Waals surface area contributed by atoms with Crippen molar-refractivity contribution in [2.75, 3.05) is 30.6 Å². The molecule has 0 N–H and O–H groups in total. The highest BCUT2D eigenvalue weighted by molar-refractivity contribution is 6.10. The fraction of sp³-hybridized carbons (Fsp3) is 0.517. The number of hydrogen-bond acceptors (Lipinski definition) is 8. The smallest absolute Gasteiger partial charge is 0.410 e. The molecular formula is C29H37FN8O3. The quantitative estimate of drug-likeness (QED) is 0.411. The van der Waals surface area contributed by atoms with Crippen molar-refractivity contribution in [1.82, 2.24) is 29.6 Å². The molecule has 2 aliphatic rings. The van der Waals surface area contributed by atoms with Gasteiger partial charge in [-0.15, -0.1) is 10.2 Å². The number of carbonyl (C=O) groups excluding carboxylic acids is 2. The minimum Gasteiger partial charge on any atom is -0.444 e. The average molecular weight is 565 g/mol. The Morgan fingerprint density at radius 3 is 2.63 bits per heavy atom. The second-order valence-electron chi connectivity index (χ2n) is 11.9. The Balaban J connectivity index is 1.49. The van der Waals surface area contributed by atoms with Crippen molar-refractivity contribution in [2.45, 2.75) is 78.2 Å². The number of rotatable bonds is 7. The van der Waals surface area contributed by atoms with Crippen LogP contribution >= 0.6 is 0 Å². The number of hydrogen-bond donors (Lipinski definition) is 0. The second kappa shape index (κ2) is 10.7. The highest BCUT2D eigenvalue weighted by Crippen LogP contribution is 2.35. The summed E-state index contributed by atoms with van der Waals surface area (Å²) < 4.78 is 21.0. The first-order valence-electron chi connectivity index (χ1n) is 13.9. The molecule has 12 heteroatoms. The topological polar surface area (TPSA) is 110 Å². The van der Waals surface area contributed by atoms with Gasteiger partial charge in [0.05, 0.1) is 30.4 Å². The van der Waals surface area contributed by atoms with Crippen molar-refractivity contribution >= 4 is 23.6 Å². The Morgan fingerprint density at radius 1 is 1.20 bits per heavy atom. The number of nitrogens with zero attached hydrogens (tertiary/aromatic N) is 8. The highest BCUT2D eigenvalue weighted by atomic mass is 19.1. The molecule has 2 amide bonds. The van der Waals surface area contributed by atoms with E-state index >= 15 is 0 Å². The fourth-order valence-electron chi connectivity index (χ4n) is 5.06. The number of ether oxygens (including phenoxy) is 1. The lowest BCUT2D eigenvalue weighted by Gasteiger charge is -2.26. The number of amides is 2.